The maximum atomic E-state index is 11.9. The molecule has 1 amide bonds. The normalized spacial score (nSPS) is 19.5. The molecular weight excluding hydrogens is 260 g/mol. The molecule has 0 saturated carbocycles. The lowest BCUT2D eigenvalue weighted by Gasteiger charge is -2.24. The van der Waals surface area contributed by atoms with Gasteiger partial charge in [0.2, 0.25) is 0 Å². The van der Waals surface area contributed by atoms with E-state index in [9.17, 15) is 4.79 Å². The third-order valence-electron chi connectivity index (χ3n) is 2.72. The number of carbonyl (C=O) groups is 1. The van der Waals surface area contributed by atoms with E-state index in [2.05, 4.69) is 4.98 Å². The predicted molar refractivity (Wildman–Crippen MR) is 76.3 cm³/mol. The van der Waals surface area contributed by atoms with Crippen molar-refractivity contribution in [3.05, 3.63) is 24.4 Å². The number of aromatic nitrogens is 1. The fourth-order valence-corrected chi connectivity index (χ4v) is 3.00. The summed E-state index contributed by atoms with van der Waals surface area (Å²) in [6.07, 6.45) is 2.57. The van der Waals surface area contributed by atoms with E-state index < -0.39 is 5.60 Å². The summed E-state index contributed by atoms with van der Waals surface area (Å²) in [5.74, 6) is 0. The first-order chi connectivity index (χ1) is 8.94. The average molecular weight is 280 g/mol. The van der Waals surface area contributed by atoms with Crippen LogP contribution in [0.4, 0.5) is 4.79 Å². The van der Waals surface area contributed by atoms with Crippen LogP contribution in [0.15, 0.2) is 29.4 Å². The van der Waals surface area contributed by atoms with Gasteiger partial charge in [-0.3, -0.25) is 0 Å². The quantitative estimate of drug-likeness (QED) is 0.834. The molecule has 0 unspecified atom stereocenters. The number of likely N-dealkylation sites (tertiary alicyclic amines) is 1. The Kier molecular flexibility index (Phi) is 4.34. The van der Waals surface area contributed by atoms with Crippen LogP contribution in [0.25, 0.3) is 0 Å². The van der Waals surface area contributed by atoms with Gasteiger partial charge in [0, 0.05) is 24.5 Å². The van der Waals surface area contributed by atoms with E-state index in [4.69, 9.17) is 4.74 Å². The third kappa shape index (κ3) is 4.42. The monoisotopic (exact) mass is 280 g/mol. The first-order valence-electron chi connectivity index (χ1n) is 6.50. The van der Waals surface area contributed by atoms with Gasteiger partial charge in [0.25, 0.3) is 0 Å². The van der Waals surface area contributed by atoms with Crippen molar-refractivity contribution in [3.63, 3.8) is 0 Å². The molecular formula is C14H20N2O2S. The number of amides is 1. The molecule has 0 bridgehead atoms. The summed E-state index contributed by atoms with van der Waals surface area (Å²) < 4.78 is 5.38. The molecule has 0 spiro atoms. The van der Waals surface area contributed by atoms with Gasteiger partial charge in [0.05, 0.1) is 5.03 Å². The van der Waals surface area contributed by atoms with E-state index in [-0.39, 0.29) is 6.09 Å². The third-order valence-corrected chi connectivity index (χ3v) is 3.92. The lowest BCUT2D eigenvalue weighted by Crippen LogP contribution is -2.35. The number of nitrogens with zero attached hydrogens (tertiary/aromatic N) is 2. The fraction of sp³-hybridized carbons (Fsp3) is 0.571. The number of rotatable bonds is 2. The summed E-state index contributed by atoms with van der Waals surface area (Å²) in [6, 6.07) is 5.89. The van der Waals surface area contributed by atoms with Gasteiger partial charge in [-0.2, -0.15) is 0 Å². The second kappa shape index (κ2) is 5.82. The van der Waals surface area contributed by atoms with Crippen LogP contribution in [0.1, 0.15) is 27.2 Å². The zero-order valence-electron chi connectivity index (χ0n) is 11.6. The molecule has 1 aliphatic heterocycles. The van der Waals surface area contributed by atoms with Crippen molar-refractivity contribution in [1.29, 1.82) is 0 Å². The van der Waals surface area contributed by atoms with Gasteiger partial charge in [0.15, 0.2) is 0 Å². The van der Waals surface area contributed by atoms with Crippen molar-refractivity contribution in [3.8, 4) is 0 Å². The minimum atomic E-state index is -0.427. The van der Waals surface area contributed by atoms with Crippen molar-refractivity contribution in [2.24, 2.45) is 0 Å². The Morgan fingerprint density at radius 3 is 2.89 bits per heavy atom. The summed E-state index contributed by atoms with van der Waals surface area (Å²) in [6.45, 7) is 7.17. The van der Waals surface area contributed by atoms with Crippen LogP contribution in [0.2, 0.25) is 0 Å². The summed E-state index contributed by atoms with van der Waals surface area (Å²) in [4.78, 5) is 18.0. The van der Waals surface area contributed by atoms with Gasteiger partial charge in [0.1, 0.15) is 5.60 Å². The molecule has 19 heavy (non-hydrogen) atoms. The lowest BCUT2D eigenvalue weighted by atomic mass is 10.2. The molecule has 1 atom stereocenters. The maximum absolute atomic E-state index is 11.9. The lowest BCUT2D eigenvalue weighted by molar-refractivity contribution is 0.0295. The van der Waals surface area contributed by atoms with Gasteiger partial charge in [-0.1, -0.05) is 6.07 Å². The van der Waals surface area contributed by atoms with E-state index in [1.165, 1.54) is 0 Å². The van der Waals surface area contributed by atoms with Gasteiger partial charge in [-0.25, -0.2) is 9.78 Å². The molecule has 0 aromatic carbocycles. The Morgan fingerprint density at radius 1 is 1.47 bits per heavy atom. The molecule has 0 aliphatic carbocycles. The van der Waals surface area contributed by atoms with Crippen molar-refractivity contribution in [2.45, 2.75) is 43.1 Å². The summed E-state index contributed by atoms with van der Waals surface area (Å²) in [5.41, 5.74) is -0.427. The highest BCUT2D eigenvalue weighted by Crippen LogP contribution is 2.28. The molecule has 1 aliphatic rings. The van der Waals surface area contributed by atoms with Crippen LogP contribution in [-0.4, -0.2) is 39.9 Å². The molecule has 2 rings (SSSR count). The van der Waals surface area contributed by atoms with Gasteiger partial charge >= 0.3 is 6.09 Å². The molecule has 0 N–H and O–H groups in total. The topological polar surface area (TPSA) is 42.4 Å². The molecule has 1 aromatic rings. The SMILES string of the molecule is CC(C)(C)OC(=O)N1CC[C@H](Sc2ccccn2)C1. The van der Waals surface area contributed by atoms with E-state index >= 15 is 0 Å². The van der Waals surface area contributed by atoms with Crippen LogP contribution < -0.4 is 0 Å². The second-order valence-corrected chi connectivity index (χ2v) is 6.94. The van der Waals surface area contributed by atoms with Gasteiger partial charge in [-0.15, -0.1) is 11.8 Å². The molecule has 0 radical (unpaired) electrons. The van der Waals surface area contributed by atoms with Gasteiger partial charge in [-0.05, 0) is 39.3 Å². The highest BCUT2D eigenvalue weighted by Gasteiger charge is 2.30. The standard InChI is InChI=1S/C14H20N2O2S/c1-14(2,3)18-13(17)16-9-7-11(10-16)19-12-6-4-5-8-15-12/h4-6,8,11H,7,9-10H2,1-3H3/t11-/m0/s1. The van der Waals surface area contributed by atoms with Crippen LogP contribution in [-0.2, 0) is 4.74 Å². The number of hydrogen-bond acceptors (Lipinski definition) is 4. The molecule has 1 aromatic heterocycles. The Morgan fingerprint density at radius 2 is 2.26 bits per heavy atom. The maximum Gasteiger partial charge on any atom is 0.410 e. The summed E-state index contributed by atoms with van der Waals surface area (Å²) in [5, 5.41) is 1.42. The smallest absolute Gasteiger partial charge is 0.410 e. The molecule has 1 fully saturated rings. The Labute approximate surface area is 118 Å². The summed E-state index contributed by atoms with van der Waals surface area (Å²) >= 11 is 1.73. The highest BCUT2D eigenvalue weighted by atomic mass is 32.2. The van der Waals surface area contributed by atoms with Crippen molar-refractivity contribution < 1.29 is 9.53 Å². The number of carbonyl (C=O) groups excluding carboxylic acids is 1. The largest absolute Gasteiger partial charge is 0.444 e. The minimum Gasteiger partial charge on any atom is -0.444 e. The molecule has 104 valence electrons. The zero-order valence-corrected chi connectivity index (χ0v) is 12.4. The zero-order chi connectivity index (χ0) is 13.9. The Bertz CT molecular complexity index is 431. The summed E-state index contributed by atoms with van der Waals surface area (Å²) in [7, 11) is 0. The van der Waals surface area contributed by atoms with Crippen molar-refractivity contribution in [2.75, 3.05) is 13.1 Å². The molecule has 1 saturated heterocycles. The van der Waals surface area contributed by atoms with E-state index in [1.54, 1.807) is 22.9 Å². The average Bonchev–Trinajstić information content (AvgIpc) is 2.77. The van der Waals surface area contributed by atoms with E-state index in [0.717, 1.165) is 24.5 Å². The van der Waals surface area contributed by atoms with E-state index in [0.29, 0.717) is 5.25 Å². The number of hydrogen-bond donors (Lipinski definition) is 0. The highest BCUT2D eigenvalue weighted by molar-refractivity contribution is 7.99. The van der Waals surface area contributed by atoms with Crippen LogP contribution in [0.5, 0.6) is 0 Å². The first-order valence-corrected chi connectivity index (χ1v) is 7.37. The van der Waals surface area contributed by atoms with Crippen molar-refractivity contribution in [1.82, 2.24) is 9.88 Å². The fourth-order valence-electron chi connectivity index (χ4n) is 1.90. The van der Waals surface area contributed by atoms with Gasteiger partial charge < -0.3 is 9.64 Å². The minimum absolute atomic E-state index is 0.211. The second-order valence-electron chi connectivity index (χ2n) is 5.62. The van der Waals surface area contributed by atoms with Crippen LogP contribution in [0.3, 0.4) is 0 Å². The number of ether oxygens (including phenoxy) is 1. The van der Waals surface area contributed by atoms with Crippen molar-refractivity contribution >= 4 is 17.9 Å². The first kappa shape index (κ1) is 14.2. The predicted octanol–water partition coefficient (Wildman–Crippen LogP) is 3.18. The molecule has 2 heterocycles. The van der Waals surface area contributed by atoms with Crippen LogP contribution in [0, 0.1) is 0 Å². The van der Waals surface area contributed by atoms with E-state index in [1.807, 2.05) is 39.0 Å². The number of pyridine rings is 1. The Balaban J connectivity index is 1.85. The number of thioether (sulfide) groups is 1. The molecule has 5 heteroatoms. The van der Waals surface area contributed by atoms with Crippen LogP contribution >= 0.6 is 11.8 Å². The Hall–Kier alpha value is -1.23. The molecule has 4 nitrogen and oxygen atoms in total.